The second-order valence-corrected chi connectivity index (χ2v) is 4.15. The Morgan fingerprint density at radius 2 is 2.42 bits per heavy atom. The maximum atomic E-state index is 11.2. The van der Waals surface area contributed by atoms with E-state index in [1.165, 1.54) is 0 Å². The summed E-state index contributed by atoms with van der Waals surface area (Å²) in [7, 11) is 0. The second kappa shape index (κ2) is 4.77. The molecule has 0 spiro atoms. The van der Waals surface area contributed by atoms with Crippen LogP contribution in [0.1, 0.15) is 25.7 Å². The summed E-state index contributed by atoms with van der Waals surface area (Å²) in [6.45, 7) is 4.09. The first kappa shape index (κ1) is 9.93. The average molecular weight is 233 g/mol. The monoisotopic (exact) mass is 232 g/mol. The number of carbonyl (C=O) groups excluding carboxylic acids is 1. The van der Waals surface area contributed by atoms with Crippen molar-refractivity contribution in [2.45, 2.75) is 31.8 Å². The predicted octanol–water partition coefficient (Wildman–Crippen LogP) is 2.42. The summed E-state index contributed by atoms with van der Waals surface area (Å²) in [5.74, 6) is 0.245. The van der Waals surface area contributed by atoms with Gasteiger partial charge in [0.1, 0.15) is 6.10 Å². The van der Waals surface area contributed by atoms with E-state index in [-0.39, 0.29) is 11.9 Å². The number of ketones is 1. The van der Waals surface area contributed by atoms with E-state index < -0.39 is 0 Å². The zero-order valence-corrected chi connectivity index (χ0v) is 8.60. The molecule has 0 aromatic carbocycles. The summed E-state index contributed by atoms with van der Waals surface area (Å²) < 4.78 is 6.15. The van der Waals surface area contributed by atoms with Crippen LogP contribution in [0.25, 0.3) is 0 Å². The van der Waals surface area contributed by atoms with Gasteiger partial charge in [-0.05, 0) is 19.3 Å². The fourth-order valence-electron chi connectivity index (χ4n) is 1.32. The maximum absolute atomic E-state index is 11.2. The fraction of sp³-hybridized carbons (Fsp3) is 0.667. The highest BCUT2D eigenvalue weighted by Gasteiger charge is 2.22. The van der Waals surface area contributed by atoms with Crippen molar-refractivity contribution in [1.29, 1.82) is 0 Å². The quantitative estimate of drug-likeness (QED) is 0.748. The van der Waals surface area contributed by atoms with E-state index in [2.05, 4.69) is 22.5 Å². The average Bonchev–Trinajstić information content (AvgIpc) is 2.03. The molecule has 1 aliphatic carbocycles. The van der Waals surface area contributed by atoms with Crippen molar-refractivity contribution < 1.29 is 9.53 Å². The van der Waals surface area contributed by atoms with Gasteiger partial charge in [0.05, 0.1) is 6.61 Å². The number of ether oxygens (including phenoxy) is 1. The molecule has 1 fully saturated rings. The molecule has 68 valence electrons. The van der Waals surface area contributed by atoms with E-state index in [1.807, 2.05) is 0 Å². The van der Waals surface area contributed by atoms with E-state index in [0.717, 1.165) is 23.7 Å². The summed E-state index contributed by atoms with van der Waals surface area (Å²) in [5.41, 5.74) is 0. The zero-order chi connectivity index (χ0) is 8.97. The minimum atomic E-state index is -0.173. The molecule has 1 saturated carbocycles. The molecule has 0 aromatic heterocycles. The first-order chi connectivity index (χ1) is 5.70. The van der Waals surface area contributed by atoms with Gasteiger partial charge >= 0.3 is 0 Å². The van der Waals surface area contributed by atoms with Crippen LogP contribution >= 0.6 is 15.9 Å². The van der Waals surface area contributed by atoms with E-state index in [0.29, 0.717) is 13.0 Å². The van der Waals surface area contributed by atoms with Gasteiger partial charge in [-0.15, -0.1) is 0 Å². The minimum absolute atomic E-state index is 0.173. The number of rotatable bonds is 3. The van der Waals surface area contributed by atoms with Crippen LogP contribution in [0.4, 0.5) is 0 Å². The predicted molar refractivity (Wildman–Crippen MR) is 51.3 cm³/mol. The molecule has 3 heteroatoms. The van der Waals surface area contributed by atoms with Gasteiger partial charge < -0.3 is 4.74 Å². The smallest absolute Gasteiger partial charge is 0.161 e. The van der Waals surface area contributed by atoms with Crippen LogP contribution < -0.4 is 0 Å². The normalized spacial score (nSPS) is 24.1. The SMILES string of the molecule is C=C(Br)COC1CCCCC1=O. The van der Waals surface area contributed by atoms with Crippen molar-refractivity contribution in [3.8, 4) is 0 Å². The first-order valence-corrected chi connectivity index (χ1v) is 4.97. The van der Waals surface area contributed by atoms with Crippen LogP contribution in [0.15, 0.2) is 11.1 Å². The molecule has 1 atom stereocenters. The van der Waals surface area contributed by atoms with Gasteiger partial charge in [-0.2, -0.15) is 0 Å². The molecule has 0 N–H and O–H groups in total. The van der Waals surface area contributed by atoms with Crippen molar-refractivity contribution in [1.82, 2.24) is 0 Å². The number of hydrogen-bond donors (Lipinski definition) is 0. The number of hydrogen-bond acceptors (Lipinski definition) is 2. The molecular weight excluding hydrogens is 220 g/mol. The number of halogens is 1. The molecule has 0 amide bonds. The molecule has 0 heterocycles. The Bertz CT molecular complexity index is 189. The highest BCUT2D eigenvalue weighted by Crippen LogP contribution is 2.18. The lowest BCUT2D eigenvalue weighted by atomic mass is 9.96. The van der Waals surface area contributed by atoms with Gasteiger partial charge in [-0.25, -0.2) is 0 Å². The van der Waals surface area contributed by atoms with E-state index in [1.54, 1.807) is 0 Å². The summed E-state index contributed by atoms with van der Waals surface area (Å²) in [5, 5.41) is 0. The molecule has 12 heavy (non-hydrogen) atoms. The minimum Gasteiger partial charge on any atom is -0.365 e. The van der Waals surface area contributed by atoms with Crippen LogP contribution in [-0.2, 0) is 9.53 Å². The van der Waals surface area contributed by atoms with Gasteiger partial charge in [0.25, 0.3) is 0 Å². The Morgan fingerprint density at radius 3 is 3.00 bits per heavy atom. The van der Waals surface area contributed by atoms with Crippen LogP contribution in [0.5, 0.6) is 0 Å². The topological polar surface area (TPSA) is 26.3 Å². The lowest BCUT2D eigenvalue weighted by Gasteiger charge is -2.20. The summed E-state index contributed by atoms with van der Waals surface area (Å²) >= 11 is 3.19. The van der Waals surface area contributed by atoms with E-state index in [9.17, 15) is 4.79 Å². The largest absolute Gasteiger partial charge is 0.365 e. The third-order valence-electron chi connectivity index (χ3n) is 1.94. The summed E-state index contributed by atoms with van der Waals surface area (Å²) in [4.78, 5) is 11.2. The Morgan fingerprint density at radius 1 is 1.67 bits per heavy atom. The molecule has 0 aromatic rings. The van der Waals surface area contributed by atoms with Crippen LogP contribution in [-0.4, -0.2) is 18.5 Å². The third-order valence-corrected chi connectivity index (χ3v) is 2.17. The lowest BCUT2D eigenvalue weighted by molar-refractivity contribution is -0.132. The second-order valence-electron chi connectivity index (χ2n) is 3.03. The lowest BCUT2D eigenvalue weighted by Crippen LogP contribution is -2.27. The van der Waals surface area contributed by atoms with Gasteiger partial charge in [-0.1, -0.05) is 22.5 Å². The first-order valence-electron chi connectivity index (χ1n) is 4.18. The van der Waals surface area contributed by atoms with Crippen molar-refractivity contribution in [3.63, 3.8) is 0 Å². The highest BCUT2D eigenvalue weighted by atomic mass is 79.9. The standard InChI is InChI=1S/C9H13BrO2/c1-7(10)6-12-9-5-3-2-4-8(9)11/h9H,1-6H2. The molecule has 1 rings (SSSR count). The van der Waals surface area contributed by atoms with Gasteiger partial charge in [-0.3, -0.25) is 4.79 Å². The Labute approximate surface area is 81.1 Å². The summed E-state index contributed by atoms with van der Waals surface area (Å²) in [6.07, 6.45) is 3.51. The van der Waals surface area contributed by atoms with E-state index in [4.69, 9.17) is 4.74 Å². The highest BCUT2D eigenvalue weighted by molar-refractivity contribution is 9.11. The Kier molecular flexibility index (Phi) is 3.95. The van der Waals surface area contributed by atoms with Crippen molar-refractivity contribution in [2.24, 2.45) is 0 Å². The maximum Gasteiger partial charge on any atom is 0.161 e. The molecule has 1 unspecified atom stereocenters. The summed E-state index contributed by atoms with van der Waals surface area (Å²) in [6, 6.07) is 0. The van der Waals surface area contributed by atoms with Crippen LogP contribution in [0.2, 0.25) is 0 Å². The van der Waals surface area contributed by atoms with Gasteiger partial charge in [0.2, 0.25) is 0 Å². The molecule has 1 aliphatic rings. The fourth-order valence-corrected chi connectivity index (χ4v) is 1.45. The Hall–Kier alpha value is -0.150. The van der Waals surface area contributed by atoms with Crippen LogP contribution in [0, 0.1) is 0 Å². The number of carbonyl (C=O) groups is 1. The molecule has 0 radical (unpaired) electrons. The van der Waals surface area contributed by atoms with Gasteiger partial charge in [0.15, 0.2) is 5.78 Å². The Balaban J connectivity index is 2.29. The molecule has 0 saturated heterocycles. The number of Topliss-reactive ketones (excluding diaryl/α,β-unsaturated/α-hetero) is 1. The van der Waals surface area contributed by atoms with E-state index >= 15 is 0 Å². The molecule has 2 nitrogen and oxygen atoms in total. The van der Waals surface area contributed by atoms with Crippen molar-refractivity contribution in [3.05, 3.63) is 11.1 Å². The van der Waals surface area contributed by atoms with Gasteiger partial charge in [0, 0.05) is 10.9 Å². The van der Waals surface area contributed by atoms with Crippen molar-refractivity contribution >= 4 is 21.7 Å². The molecule has 0 aliphatic heterocycles. The third kappa shape index (κ3) is 3.07. The van der Waals surface area contributed by atoms with Crippen LogP contribution in [0.3, 0.4) is 0 Å². The molecular formula is C9H13BrO2. The van der Waals surface area contributed by atoms with Crippen molar-refractivity contribution in [2.75, 3.05) is 6.61 Å². The molecule has 0 bridgehead atoms. The zero-order valence-electron chi connectivity index (χ0n) is 7.01.